The largest absolute Gasteiger partial charge is 0.370 e. The molecule has 0 atom stereocenters. The van der Waals surface area contributed by atoms with Gasteiger partial charge in [0.05, 0.1) is 18.0 Å². The number of halogens is 1. The van der Waals surface area contributed by atoms with Crippen molar-refractivity contribution in [3.05, 3.63) is 59.2 Å². The number of nitrogens with zero attached hydrogens (tertiary/aromatic N) is 4. The van der Waals surface area contributed by atoms with E-state index in [1.807, 2.05) is 61.2 Å². The summed E-state index contributed by atoms with van der Waals surface area (Å²) in [6.45, 7) is 3.92. The lowest BCUT2D eigenvalue weighted by Crippen LogP contribution is -2.36. The van der Waals surface area contributed by atoms with E-state index in [4.69, 9.17) is 22.0 Å². The monoisotopic (exact) mass is 381 g/mol. The average Bonchev–Trinajstić information content (AvgIpc) is 2.99. The molecule has 0 saturated heterocycles. The van der Waals surface area contributed by atoms with Crippen molar-refractivity contribution in [2.75, 3.05) is 0 Å². The Bertz CT molecular complexity index is 871. The summed E-state index contributed by atoms with van der Waals surface area (Å²) in [5.74, 6) is 1.89. The highest BCUT2D eigenvalue weighted by molar-refractivity contribution is 6.31. The number of imidazole rings is 1. The van der Waals surface area contributed by atoms with E-state index in [1.54, 1.807) is 0 Å². The molecule has 1 N–H and O–H groups in total. The topological polar surface area (TPSA) is 66.0 Å². The number of nitriles is 1. The minimum absolute atomic E-state index is 0.205. The number of aryl methyl sites for hydroxylation is 1. The summed E-state index contributed by atoms with van der Waals surface area (Å²) in [7, 11) is 0. The minimum atomic E-state index is 0.205. The van der Waals surface area contributed by atoms with Crippen LogP contribution in [0.1, 0.15) is 44.1 Å². The zero-order valence-electron chi connectivity index (χ0n) is 15.7. The van der Waals surface area contributed by atoms with Crippen LogP contribution in [0.4, 0.5) is 0 Å². The van der Waals surface area contributed by atoms with Gasteiger partial charge in [0, 0.05) is 22.6 Å². The maximum Gasteiger partial charge on any atom is 0.127 e. The molecule has 1 aromatic heterocycles. The van der Waals surface area contributed by atoms with Crippen molar-refractivity contribution >= 4 is 23.0 Å². The Labute approximate surface area is 165 Å². The van der Waals surface area contributed by atoms with Gasteiger partial charge in [0.25, 0.3) is 0 Å². The first kappa shape index (κ1) is 19.2. The van der Waals surface area contributed by atoms with E-state index in [2.05, 4.69) is 16.4 Å². The first-order valence-electron chi connectivity index (χ1n) is 9.25. The molecule has 2 aliphatic rings. The van der Waals surface area contributed by atoms with Crippen molar-refractivity contribution in [3.63, 3.8) is 0 Å². The van der Waals surface area contributed by atoms with E-state index in [9.17, 15) is 0 Å². The molecule has 0 unspecified atom stereocenters. The Balaban J connectivity index is 1.77. The molecule has 140 valence electrons. The van der Waals surface area contributed by atoms with Crippen molar-refractivity contribution < 1.29 is 0 Å². The Hall–Kier alpha value is -2.58. The minimum Gasteiger partial charge on any atom is -0.370 e. The van der Waals surface area contributed by atoms with E-state index in [0.717, 1.165) is 48.6 Å². The predicted molar refractivity (Wildman–Crippen MR) is 110 cm³/mol. The molecule has 1 fully saturated rings. The molecule has 2 aliphatic carbocycles. The van der Waals surface area contributed by atoms with Crippen LogP contribution < -0.4 is 5.32 Å². The van der Waals surface area contributed by atoms with Crippen molar-refractivity contribution in [2.45, 2.75) is 45.6 Å². The summed E-state index contributed by atoms with van der Waals surface area (Å²) < 4.78 is 1.86. The third kappa shape index (κ3) is 4.99. The van der Waals surface area contributed by atoms with Crippen LogP contribution in [0, 0.1) is 24.2 Å². The highest BCUT2D eigenvalue weighted by Crippen LogP contribution is 2.24. The van der Waals surface area contributed by atoms with Crippen LogP contribution in [0.5, 0.6) is 0 Å². The van der Waals surface area contributed by atoms with Crippen molar-refractivity contribution in [1.29, 1.82) is 5.26 Å². The molecule has 0 radical (unpaired) electrons. The Morgan fingerprint density at radius 2 is 2.00 bits per heavy atom. The van der Waals surface area contributed by atoms with Gasteiger partial charge in [-0.25, -0.2) is 9.66 Å². The van der Waals surface area contributed by atoms with Crippen LogP contribution in [0.25, 0.3) is 5.57 Å². The lowest BCUT2D eigenvalue weighted by molar-refractivity contribution is 0.360. The smallest absolute Gasteiger partial charge is 0.127 e. The zero-order chi connectivity index (χ0) is 19.2. The fraction of sp³-hybridized carbons (Fsp3) is 0.381. The van der Waals surface area contributed by atoms with Crippen LogP contribution in [0.2, 0.25) is 0 Å². The fourth-order valence-electron chi connectivity index (χ4n) is 3.37. The second kappa shape index (κ2) is 8.88. The molecular formula is C21H24ClN5. The van der Waals surface area contributed by atoms with E-state index < -0.39 is 0 Å². The highest BCUT2D eigenvalue weighted by atomic mass is 35.5. The van der Waals surface area contributed by atoms with Gasteiger partial charge in [0.2, 0.25) is 0 Å². The number of nitrogens with one attached hydrogen (secondary N) is 1. The third-order valence-electron chi connectivity index (χ3n) is 4.84. The lowest BCUT2D eigenvalue weighted by Gasteiger charge is -2.26. The summed E-state index contributed by atoms with van der Waals surface area (Å²) in [5, 5.41) is 18.0. The molecule has 1 aromatic rings. The van der Waals surface area contributed by atoms with Gasteiger partial charge in [-0.15, -0.1) is 0 Å². The number of hydrogen-bond acceptors (Lipinski definition) is 3. The lowest BCUT2D eigenvalue weighted by atomic mass is 9.87. The van der Waals surface area contributed by atoms with Crippen molar-refractivity contribution in [3.8, 4) is 6.07 Å². The highest BCUT2D eigenvalue weighted by Gasteiger charge is 2.21. The molecule has 27 heavy (non-hydrogen) atoms. The van der Waals surface area contributed by atoms with Gasteiger partial charge in [0.15, 0.2) is 0 Å². The number of hydrogen-bond donors (Lipinski definition) is 1. The normalized spacial score (nSPS) is 29.3. The molecule has 1 heterocycles. The van der Waals surface area contributed by atoms with Crippen molar-refractivity contribution in [2.24, 2.45) is 11.0 Å². The number of rotatable bonds is 3. The SMILES string of the molecule is C/C(=N\n1c(C2=C/C=C\C(Cl)=C/C=C\2)cnc1C)NC1CCC(C#N)CC1. The first-order valence-corrected chi connectivity index (χ1v) is 9.63. The van der Waals surface area contributed by atoms with Crippen molar-refractivity contribution in [1.82, 2.24) is 15.0 Å². The second-order valence-electron chi connectivity index (χ2n) is 6.90. The van der Waals surface area contributed by atoms with E-state index in [-0.39, 0.29) is 5.92 Å². The van der Waals surface area contributed by atoms with E-state index in [0.29, 0.717) is 11.1 Å². The first-order chi connectivity index (χ1) is 13.1. The van der Waals surface area contributed by atoms with Gasteiger partial charge < -0.3 is 5.32 Å². The van der Waals surface area contributed by atoms with Gasteiger partial charge in [0.1, 0.15) is 11.7 Å². The molecule has 0 spiro atoms. The van der Waals surface area contributed by atoms with Crippen LogP contribution in [0.15, 0.2) is 52.8 Å². The molecule has 0 aliphatic heterocycles. The molecule has 5 nitrogen and oxygen atoms in total. The van der Waals surface area contributed by atoms with E-state index in [1.165, 1.54) is 0 Å². The fourth-order valence-corrected chi connectivity index (χ4v) is 3.52. The van der Waals surface area contributed by atoms with Crippen LogP contribution >= 0.6 is 11.6 Å². The van der Waals surface area contributed by atoms with Gasteiger partial charge in [-0.3, -0.25) is 0 Å². The number of allylic oxidation sites excluding steroid dienone is 8. The molecule has 1 saturated carbocycles. The summed E-state index contributed by atoms with van der Waals surface area (Å²) in [4.78, 5) is 4.43. The molecular weight excluding hydrogens is 358 g/mol. The maximum atomic E-state index is 9.04. The Morgan fingerprint density at radius 3 is 2.74 bits per heavy atom. The number of amidine groups is 1. The second-order valence-corrected chi connectivity index (χ2v) is 7.34. The molecule has 3 rings (SSSR count). The van der Waals surface area contributed by atoms with Gasteiger partial charge in [-0.05, 0) is 51.7 Å². The summed E-state index contributed by atoms with van der Waals surface area (Å²) in [6, 6.07) is 2.75. The predicted octanol–water partition coefficient (Wildman–Crippen LogP) is 4.68. The Morgan fingerprint density at radius 1 is 1.26 bits per heavy atom. The van der Waals surface area contributed by atoms with Gasteiger partial charge in [-0.1, -0.05) is 35.9 Å². The quantitative estimate of drug-likeness (QED) is 0.610. The van der Waals surface area contributed by atoms with Crippen LogP contribution in [-0.4, -0.2) is 21.5 Å². The summed E-state index contributed by atoms with van der Waals surface area (Å²) in [5.41, 5.74) is 1.94. The molecule has 0 bridgehead atoms. The van der Waals surface area contributed by atoms with E-state index >= 15 is 0 Å². The van der Waals surface area contributed by atoms with Gasteiger partial charge in [-0.2, -0.15) is 10.4 Å². The van der Waals surface area contributed by atoms with Crippen LogP contribution in [0.3, 0.4) is 0 Å². The average molecular weight is 382 g/mol. The standard InChI is InChI=1S/C21H24ClN5/c1-15(25-20-11-9-17(13-23)10-12-20)26-27-16(2)24-14-21(27)18-5-3-7-19(22)8-4-6-18/h3-8,14,17,20H,9-12H2,1-2H3,(H,25,26)/b5-3-,6-4?,7-3?,8-4-,18-5?,18-6+,19-7+,19-8?. The molecule has 6 heteroatoms. The zero-order valence-corrected chi connectivity index (χ0v) is 16.4. The Kier molecular flexibility index (Phi) is 6.31. The molecule has 0 amide bonds. The maximum absolute atomic E-state index is 9.04. The molecule has 0 aromatic carbocycles. The van der Waals surface area contributed by atoms with Gasteiger partial charge >= 0.3 is 0 Å². The summed E-state index contributed by atoms with van der Waals surface area (Å²) in [6.07, 6.45) is 17.3. The van der Waals surface area contributed by atoms with Crippen LogP contribution in [-0.2, 0) is 0 Å². The summed E-state index contributed by atoms with van der Waals surface area (Å²) >= 11 is 6.03. The number of aromatic nitrogens is 2. The third-order valence-corrected chi connectivity index (χ3v) is 5.09.